The maximum absolute atomic E-state index is 11.0. The third-order valence-electron chi connectivity index (χ3n) is 1.82. The van der Waals surface area contributed by atoms with E-state index in [1.54, 1.807) is 31.4 Å². The molecule has 17 heavy (non-hydrogen) atoms. The Morgan fingerprint density at radius 2 is 1.94 bits per heavy atom. The molecular formula is C10H12N2O5. The quantitative estimate of drug-likeness (QED) is 0.311. The second kappa shape index (κ2) is 6.33. The van der Waals surface area contributed by atoms with Crippen LogP contribution in [-0.2, 0) is 9.53 Å². The van der Waals surface area contributed by atoms with Gasteiger partial charge in [0.15, 0.2) is 0 Å². The summed E-state index contributed by atoms with van der Waals surface area (Å²) >= 11 is 0. The summed E-state index contributed by atoms with van der Waals surface area (Å²) in [5.41, 5.74) is 1.86. The van der Waals surface area contributed by atoms with E-state index in [4.69, 9.17) is 9.94 Å². The second-order valence-corrected chi connectivity index (χ2v) is 2.96. The van der Waals surface area contributed by atoms with Crippen LogP contribution in [-0.4, -0.2) is 30.9 Å². The highest BCUT2D eigenvalue weighted by Gasteiger charge is 2.08. The van der Waals surface area contributed by atoms with Gasteiger partial charge in [-0.25, -0.2) is 15.1 Å². The molecule has 0 radical (unpaired) electrons. The topological polar surface area (TPSA) is 96.9 Å². The molecule has 0 aliphatic carbocycles. The van der Waals surface area contributed by atoms with Gasteiger partial charge in [-0.3, -0.25) is 5.21 Å². The van der Waals surface area contributed by atoms with Gasteiger partial charge in [0.2, 0.25) is 0 Å². The molecule has 0 unspecified atom stereocenters. The molecule has 0 bridgehead atoms. The van der Waals surface area contributed by atoms with Crippen LogP contribution in [0.15, 0.2) is 24.3 Å². The van der Waals surface area contributed by atoms with Gasteiger partial charge in [0.1, 0.15) is 12.3 Å². The van der Waals surface area contributed by atoms with Crippen LogP contribution in [0.2, 0.25) is 0 Å². The summed E-state index contributed by atoms with van der Waals surface area (Å²) < 4.78 is 9.10. The lowest BCUT2D eigenvalue weighted by molar-refractivity contribution is -0.136. The van der Waals surface area contributed by atoms with E-state index < -0.39 is 12.1 Å². The Balaban J connectivity index is 2.39. The molecule has 92 valence electrons. The van der Waals surface area contributed by atoms with E-state index in [1.807, 2.05) is 0 Å². The van der Waals surface area contributed by atoms with Gasteiger partial charge in [-0.15, -0.1) is 0 Å². The summed E-state index contributed by atoms with van der Waals surface area (Å²) in [6, 6.07) is 6.85. The molecule has 1 aromatic rings. The molecule has 0 spiro atoms. The predicted octanol–water partition coefficient (Wildman–Crippen LogP) is 0.749. The standard InChI is InChI=1S/C10H12N2O5/c1-16-8-4-2-7(3-5-8)11-6-9(13)17-10(14)12-15/h2-5,11,15H,6H2,1H3,(H,12,14). The van der Waals surface area contributed by atoms with E-state index in [0.29, 0.717) is 11.4 Å². The minimum absolute atomic E-state index is 0.195. The third kappa shape index (κ3) is 4.39. The molecule has 1 aromatic carbocycles. The summed E-state index contributed by atoms with van der Waals surface area (Å²) in [5.74, 6) is -0.120. The lowest BCUT2D eigenvalue weighted by Gasteiger charge is -2.06. The molecule has 0 aliphatic heterocycles. The minimum Gasteiger partial charge on any atom is -0.497 e. The highest BCUT2D eigenvalue weighted by Crippen LogP contribution is 2.14. The number of amides is 1. The molecule has 0 aliphatic rings. The lowest BCUT2D eigenvalue weighted by atomic mass is 10.3. The van der Waals surface area contributed by atoms with E-state index in [9.17, 15) is 9.59 Å². The number of carbonyl (C=O) groups is 2. The number of hydrogen-bond acceptors (Lipinski definition) is 6. The molecule has 0 heterocycles. The molecule has 7 nitrogen and oxygen atoms in total. The zero-order valence-electron chi connectivity index (χ0n) is 9.10. The largest absolute Gasteiger partial charge is 0.497 e. The zero-order chi connectivity index (χ0) is 12.7. The van der Waals surface area contributed by atoms with Crippen molar-refractivity contribution < 1.29 is 24.3 Å². The lowest BCUT2D eigenvalue weighted by Crippen LogP contribution is -2.27. The maximum atomic E-state index is 11.0. The van der Waals surface area contributed by atoms with Crippen LogP contribution in [0.1, 0.15) is 0 Å². The van der Waals surface area contributed by atoms with Crippen molar-refractivity contribution >= 4 is 17.7 Å². The molecule has 1 amide bonds. The Kier molecular flexibility index (Phi) is 4.77. The van der Waals surface area contributed by atoms with Gasteiger partial charge in [-0.1, -0.05) is 0 Å². The number of esters is 1. The first-order valence-corrected chi connectivity index (χ1v) is 4.68. The van der Waals surface area contributed by atoms with Crippen LogP contribution in [0.3, 0.4) is 0 Å². The van der Waals surface area contributed by atoms with E-state index in [-0.39, 0.29) is 6.54 Å². The minimum atomic E-state index is -1.22. The van der Waals surface area contributed by atoms with Crippen LogP contribution < -0.4 is 15.5 Å². The third-order valence-corrected chi connectivity index (χ3v) is 1.82. The monoisotopic (exact) mass is 240 g/mol. The number of nitrogens with one attached hydrogen (secondary N) is 2. The van der Waals surface area contributed by atoms with Crippen molar-refractivity contribution in [2.75, 3.05) is 19.0 Å². The predicted molar refractivity (Wildman–Crippen MR) is 57.9 cm³/mol. The normalized spacial score (nSPS) is 9.29. The van der Waals surface area contributed by atoms with E-state index in [0.717, 1.165) is 0 Å². The fraction of sp³-hybridized carbons (Fsp3) is 0.200. The molecule has 0 saturated carbocycles. The van der Waals surface area contributed by atoms with E-state index in [1.165, 1.54) is 5.48 Å². The molecule has 0 aromatic heterocycles. The summed E-state index contributed by atoms with van der Waals surface area (Å²) in [6.07, 6.45) is -1.22. The van der Waals surface area contributed by atoms with Crippen molar-refractivity contribution in [1.82, 2.24) is 5.48 Å². The van der Waals surface area contributed by atoms with Gasteiger partial charge in [0.05, 0.1) is 7.11 Å². The average Bonchev–Trinajstić information content (AvgIpc) is 2.36. The fourth-order valence-electron chi connectivity index (χ4n) is 1.05. The van der Waals surface area contributed by atoms with Gasteiger partial charge >= 0.3 is 12.1 Å². The number of ether oxygens (including phenoxy) is 2. The molecule has 1 rings (SSSR count). The number of anilines is 1. The van der Waals surface area contributed by atoms with Crippen molar-refractivity contribution in [3.05, 3.63) is 24.3 Å². The second-order valence-electron chi connectivity index (χ2n) is 2.96. The van der Waals surface area contributed by atoms with Crippen molar-refractivity contribution in [2.24, 2.45) is 0 Å². The van der Waals surface area contributed by atoms with E-state index in [2.05, 4.69) is 10.1 Å². The molecule has 0 atom stereocenters. The number of carbonyl (C=O) groups excluding carboxylic acids is 2. The number of methoxy groups -OCH3 is 1. The van der Waals surface area contributed by atoms with Crippen LogP contribution in [0.25, 0.3) is 0 Å². The van der Waals surface area contributed by atoms with Gasteiger partial charge in [0, 0.05) is 5.69 Å². The van der Waals surface area contributed by atoms with Crippen molar-refractivity contribution in [3.8, 4) is 5.75 Å². The Morgan fingerprint density at radius 1 is 1.29 bits per heavy atom. The van der Waals surface area contributed by atoms with Crippen molar-refractivity contribution in [3.63, 3.8) is 0 Å². The van der Waals surface area contributed by atoms with Gasteiger partial charge in [-0.05, 0) is 24.3 Å². The summed E-state index contributed by atoms with van der Waals surface area (Å²) in [7, 11) is 1.55. The molecule has 7 heteroatoms. The summed E-state index contributed by atoms with van der Waals surface area (Å²) in [5, 5.41) is 10.8. The first-order valence-electron chi connectivity index (χ1n) is 4.68. The maximum Gasteiger partial charge on any atom is 0.438 e. The summed E-state index contributed by atoms with van der Waals surface area (Å²) in [4.78, 5) is 21.5. The molecule has 3 N–H and O–H groups in total. The average molecular weight is 240 g/mol. The first kappa shape index (κ1) is 12.8. The van der Waals surface area contributed by atoms with Gasteiger partial charge < -0.3 is 14.8 Å². The fourth-order valence-corrected chi connectivity index (χ4v) is 1.05. The Hall–Kier alpha value is -2.28. The molecule has 0 fully saturated rings. The Morgan fingerprint density at radius 3 is 2.47 bits per heavy atom. The summed E-state index contributed by atoms with van der Waals surface area (Å²) in [6.45, 7) is -0.195. The molecule has 0 saturated heterocycles. The SMILES string of the molecule is COc1ccc(NCC(=O)OC(=O)NO)cc1. The van der Waals surface area contributed by atoms with Gasteiger partial charge in [-0.2, -0.15) is 0 Å². The molecular weight excluding hydrogens is 228 g/mol. The highest BCUT2D eigenvalue weighted by molar-refractivity contribution is 5.86. The number of benzene rings is 1. The zero-order valence-corrected chi connectivity index (χ0v) is 9.10. The number of rotatable bonds is 4. The van der Waals surface area contributed by atoms with Crippen LogP contribution in [0, 0.1) is 0 Å². The Labute approximate surface area is 97.3 Å². The first-order chi connectivity index (χ1) is 8.15. The number of hydroxylamine groups is 1. The Bertz CT molecular complexity index is 390. The van der Waals surface area contributed by atoms with Crippen molar-refractivity contribution in [2.45, 2.75) is 0 Å². The highest BCUT2D eigenvalue weighted by atomic mass is 16.6. The van der Waals surface area contributed by atoms with Crippen molar-refractivity contribution in [1.29, 1.82) is 0 Å². The van der Waals surface area contributed by atoms with Gasteiger partial charge in [0.25, 0.3) is 0 Å². The van der Waals surface area contributed by atoms with Crippen LogP contribution in [0.5, 0.6) is 5.75 Å². The van der Waals surface area contributed by atoms with Crippen LogP contribution in [0.4, 0.5) is 10.5 Å². The van der Waals surface area contributed by atoms with Crippen LogP contribution >= 0.6 is 0 Å². The number of hydrogen-bond donors (Lipinski definition) is 3. The smallest absolute Gasteiger partial charge is 0.438 e. The van der Waals surface area contributed by atoms with E-state index >= 15 is 0 Å².